The molecule has 0 aromatic heterocycles. The number of carbonyl (C=O) groups excluding carboxylic acids is 1. The van der Waals surface area contributed by atoms with Crippen LogP contribution in [0.15, 0.2) is 121 Å². The third-order valence-corrected chi connectivity index (χ3v) is 16.6. The summed E-state index contributed by atoms with van der Waals surface area (Å²) in [5.74, 6) is 0.961. The van der Waals surface area contributed by atoms with E-state index in [2.05, 4.69) is 218 Å². The standard InChI is InChI=1S/C16H24O2.C15H30O2.C14H14N2.C14H20O2.C11H14O.C10H22O.C7H12/c1-5-16(10-17-11-16)12-18-14-8-6-13(7-9-14)15(2,3)4;1-15(2,3)11-7-4-5-8-12-16-14-10-6-9-13-17-14;1-14(2,3)12-7-5-11(6-8-12)9-13(10-15)16-4;1-14(2,3)12-7-5-11(6-8-12)13-15-9-4-10-16-13;1-11(2,3)10-6-4-9(8-12)5-7-10;1-10(2,3)8-6-4-5-7-9-11;1-5-6-7(2,3)4/h6-9H,5,10-12H2,1-4H3;14H,4-13H2,1-3H3;5-9H,1-3H3;5-8,13H,4,9-10H2,1-3H3;4-8H,1-3H3;11H,4-9H2,1-3H3;6H,1H2,2-4H3/b;;13-9-;;;;. The topological polar surface area (TPSA) is 121 Å². The van der Waals surface area contributed by atoms with Gasteiger partial charge in [0.1, 0.15) is 12.0 Å². The van der Waals surface area contributed by atoms with Crippen molar-refractivity contribution in [2.75, 3.05) is 52.9 Å². The van der Waals surface area contributed by atoms with Crippen molar-refractivity contribution in [3.63, 3.8) is 0 Å². The fraction of sp³-hybridized carbons (Fsp3) is 0.632. The van der Waals surface area contributed by atoms with Gasteiger partial charge in [0, 0.05) is 30.9 Å². The molecule has 1 N–H and O–H groups in total. The van der Waals surface area contributed by atoms with Crippen molar-refractivity contribution in [2.45, 2.75) is 283 Å². The Bertz CT molecular complexity index is 2850. The Kier molecular flexibility index (Phi) is 41.6. The fourth-order valence-electron chi connectivity index (χ4n) is 9.87. The van der Waals surface area contributed by atoms with Gasteiger partial charge in [0.05, 0.1) is 51.1 Å². The number of carbonyl (C=O) groups is 1. The van der Waals surface area contributed by atoms with Crippen LogP contribution in [0.1, 0.15) is 299 Å². The van der Waals surface area contributed by atoms with Gasteiger partial charge in [-0.2, -0.15) is 0 Å². The summed E-state index contributed by atoms with van der Waals surface area (Å²) in [5, 5.41) is 17.2. The van der Waals surface area contributed by atoms with E-state index in [1.807, 2.05) is 60.7 Å². The molecule has 0 saturated carbocycles. The highest BCUT2D eigenvalue weighted by Crippen LogP contribution is 2.34. The highest BCUT2D eigenvalue weighted by Gasteiger charge is 2.37. The van der Waals surface area contributed by atoms with E-state index in [4.69, 9.17) is 45.4 Å². The Morgan fingerprint density at radius 3 is 1.38 bits per heavy atom. The maximum atomic E-state index is 10.4. The van der Waals surface area contributed by atoms with Crippen LogP contribution in [-0.4, -0.2) is 70.5 Å². The van der Waals surface area contributed by atoms with Crippen LogP contribution in [0.3, 0.4) is 0 Å². The van der Waals surface area contributed by atoms with Crippen molar-refractivity contribution in [1.82, 2.24) is 0 Å². The number of rotatable bonds is 19. The molecule has 10 heteroatoms. The number of benzene rings is 4. The molecule has 3 aliphatic heterocycles. The maximum absolute atomic E-state index is 10.4. The molecule has 542 valence electrons. The first-order chi connectivity index (χ1) is 45.2. The second-order valence-electron chi connectivity index (χ2n) is 33.9. The van der Waals surface area contributed by atoms with Gasteiger partial charge >= 0.3 is 0 Å². The summed E-state index contributed by atoms with van der Waals surface area (Å²) in [6.07, 6.45) is 22.6. The number of aliphatic hydroxyl groups excluding tert-OH is 1. The number of aldehydes is 1. The first-order valence-corrected chi connectivity index (χ1v) is 36.2. The lowest BCUT2D eigenvalue weighted by molar-refractivity contribution is -0.183. The number of nitrogens with zero attached hydrogens (tertiary/aromatic N) is 2. The number of ether oxygens (including phenoxy) is 6. The smallest absolute Gasteiger partial charge is 0.262 e. The number of unbranched alkanes of at least 4 members (excludes halogenated alkanes) is 6. The second-order valence-corrected chi connectivity index (χ2v) is 33.9. The molecule has 0 aliphatic carbocycles. The van der Waals surface area contributed by atoms with Gasteiger partial charge in [-0.25, -0.2) is 10.1 Å². The van der Waals surface area contributed by atoms with Crippen molar-refractivity contribution in [3.8, 4) is 11.8 Å². The summed E-state index contributed by atoms with van der Waals surface area (Å²) in [6.45, 7) is 65.0. The van der Waals surface area contributed by atoms with Crippen LogP contribution in [0, 0.1) is 39.6 Å². The van der Waals surface area contributed by atoms with Gasteiger partial charge in [0.15, 0.2) is 12.6 Å². The quantitative estimate of drug-likeness (QED) is 0.0322. The monoisotopic (exact) mass is 1340 g/mol. The SMILES string of the molecule is C=C=CC(C)(C)C.CC(C)(C)CCCCCCO.CC(C)(C)CCCCCCOC1CCCCO1.CC(C)(C)c1ccc(C2OCCCO2)cc1.CC(C)(C)c1ccc(C=O)cc1.CCC1(COc2ccc(C(C)(C)C)cc2)COC1.[C-]#[N+]/C(C#N)=C\c1ccc(C(C)(C)C)cc1. The molecule has 3 saturated heterocycles. The zero-order valence-electron chi connectivity index (χ0n) is 65.3. The van der Waals surface area contributed by atoms with E-state index >= 15 is 0 Å². The lowest BCUT2D eigenvalue weighted by Crippen LogP contribution is -2.46. The number of allylic oxidation sites excluding steroid dienone is 2. The average molecular weight is 1340 g/mol. The molecule has 10 nitrogen and oxygen atoms in total. The number of hydrogen-bond acceptors (Lipinski definition) is 9. The predicted molar refractivity (Wildman–Crippen MR) is 409 cm³/mol. The zero-order chi connectivity index (χ0) is 73.4. The van der Waals surface area contributed by atoms with Gasteiger partial charge in [0.2, 0.25) is 0 Å². The molecule has 1 atom stereocenters. The molecule has 0 amide bonds. The lowest BCUT2D eigenvalue weighted by Gasteiger charge is -2.40. The molecule has 97 heavy (non-hydrogen) atoms. The molecule has 1 unspecified atom stereocenters. The molecule has 3 heterocycles. The van der Waals surface area contributed by atoms with E-state index in [0.717, 1.165) is 101 Å². The van der Waals surface area contributed by atoms with Gasteiger partial charge in [-0.05, 0) is 148 Å². The summed E-state index contributed by atoms with van der Waals surface area (Å²) < 4.78 is 33.6. The van der Waals surface area contributed by atoms with Gasteiger partial charge < -0.3 is 33.5 Å². The van der Waals surface area contributed by atoms with Gasteiger partial charge in [-0.1, -0.05) is 282 Å². The minimum absolute atomic E-state index is 0.0957. The Hall–Kier alpha value is -5.65. The first-order valence-electron chi connectivity index (χ1n) is 36.2. The van der Waals surface area contributed by atoms with Crippen molar-refractivity contribution in [2.24, 2.45) is 21.7 Å². The largest absolute Gasteiger partial charge is 0.493 e. The summed E-state index contributed by atoms with van der Waals surface area (Å²) in [7, 11) is 0. The molecular weight excluding hydrogens is 1200 g/mol. The predicted octanol–water partition coefficient (Wildman–Crippen LogP) is 23.6. The summed E-state index contributed by atoms with van der Waals surface area (Å²) in [5.41, 5.74) is 12.9. The maximum Gasteiger partial charge on any atom is 0.262 e. The van der Waals surface area contributed by atoms with Crippen LogP contribution in [0.5, 0.6) is 5.75 Å². The molecule has 4 aromatic rings. The minimum Gasteiger partial charge on any atom is -0.493 e. The summed E-state index contributed by atoms with van der Waals surface area (Å²) in [4.78, 5) is 13.5. The van der Waals surface area contributed by atoms with Crippen LogP contribution >= 0.6 is 0 Å². The number of nitriles is 1. The summed E-state index contributed by atoms with van der Waals surface area (Å²) >= 11 is 0. The van der Waals surface area contributed by atoms with E-state index in [1.165, 1.54) is 92.9 Å². The third kappa shape index (κ3) is 42.8. The van der Waals surface area contributed by atoms with Crippen molar-refractivity contribution >= 4 is 12.4 Å². The van der Waals surface area contributed by atoms with E-state index in [0.29, 0.717) is 17.4 Å². The Balaban J connectivity index is 0.000000574. The van der Waals surface area contributed by atoms with Gasteiger partial charge in [-0.15, -0.1) is 5.73 Å². The minimum atomic E-state index is -0.164. The molecule has 3 aliphatic rings. The molecule has 4 aromatic carbocycles. The van der Waals surface area contributed by atoms with Crippen molar-refractivity contribution in [1.29, 1.82) is 5.26 Å². The number of aliphatic hydroxyl groups is 1. The summed E-state index contributed by atoms with van der Waals surface area (Å²) in [6, 6.07) is 34.5. The highest BCUT2D eigenvalue weighted by atomic mass is 16.7. The van der Waals surface area contributed by atoms with E-state index in [1.54, 1.807) is 6.08 Å². The van der Waals surface area contributed by atoms with Gasteiger partial charge in [0.25, 0.3) is 5.70 Å². The average Bonchev–Trinajstić information content (AvgIpc) is 0.837. The normalized spacial score (nSPS) is 15.7. The molecule has 3 fully saturated rings. The molecule has 0 spiro atoms. The third-order valence-electron chi connectivity index (χ3n) is 16.6. The zero-order valence-corrected chi connectivity index (χ0v) is 65.3. The van der Waals surface area contributed by atoms with Crippen LogP contribution in [0.2, 0.25) is 0 Å². The van der Waals surface area contributed by atoms with Crippen LogP contribution in [0.4, 0.5) is 0 Å². The Morgan fingerprint density at radius 2 is 1.03 bits per heavy atom. The molecule has 7 rings (SSSR count). The number of hydrogen-bond donors (Lipinski definition) is 1. The van der Waals surface area contributed by atoms with Gasteiger partial charge in [-0.3, -0.25) is 4.79 Å². The van der Waals surface area contributed by atoms with E-state index in [-0.39, 0.29) is 50.8 Å². The highest BCUT2D eigenvalue weighted by molar-refractivity contribution is 5.74. The molecule has 0 radical (unpaired) electrons. The van der Waals surface area contributed by atoms with Crippen molar-refractivity contribution in [3.05, 3.63) is 172 Å². The lowest BCUT2D eigenvalue weighted by atomic mass is 9.84. The van der Waals surface area contributed by atoms with E-state index < -0.39 is 0 Å². The first kappa shape index (κ1) is 89.4. The fourth-order valence-corrected chi connectivity index (χ4v) is 9.87. The second kappa shape index (κ2) is 45.2. The molecule has 0 bridgehead atoms. The van der Waals surface area contributed by atoms with E-state index in [9.17, 15) is 4.79 Å². The van der Waals surface area contributed by atoms with Crippen LogP contribution < -0.4 is 4.74 Å². The molecular formula is C87H136N2O8. The Labute approximate surface area is 593 Å². The van der Waals surface area contributed by atoms with Crippen molar-refractivity contribution < 1.29 is 38.3 Å². The van der Waals surface area contributed by atoms with Crippen LogP contribution in [0.25, 0.3) is 10.9 Å². The Morgan fingerprint density at radius 1 is 0.598 bits per heavy atom. The van der Waals surface area contributed by atoms with Crippen LogP contribution in [-0.2, 0) is 45.3 Å².